The number of ether oxygens (including phenoxy) is 1. The van der Waals surface area contributed by atoms with Crippen molar-refractivity contribution in [2.75, 3.05) is 7.11 Å². The zero-order chi connectivity index (χ0) is 16.4. The summed E-state index contributed by atoms with van der Waals surface area (Å²) in [6.07, 6.45) is 3.51. The molecule has 3 heterocycles. The standard InChI is InChI=1S/C15H13N5O3/c1-10-3-4-11(16-9-10)12-7-8-17-20(12,15(21)22)13-5-6-14(23-2)19-18-13/h3-9H,1-2H3/p+1. The first kappa shape index (κ1) is 14.8. The Morgan fingerprint density at radius 1 is 1.22 bits per heavy atom. The van der Waals surface area contributed by atoms with Gasteiger partial charge in [-0.1, -0.05) is 16.3 Å². The van der Waals surface area contributed by atoms with Crippen LogP contribution in [0.15, 0.2) is 41.6 Å². The topological polar surface area (TPSA) is 97.6 Å². The van der Waals surface area contributed by atoms with Crippen LogP contribution in [-0.4, -0.2) is 39.7 Å². The molecule has 0 radical (unpaired) electrons. The smallest absolute Gasteiger partial charge is 0.480 e. The molecule has 0 saturated carbocycles. The van der Waals surface area contributed by atoms with Gasteiger partial charge in [-0.3, -0.25) is 4.98 Å². The number of carbonyl (C=O) groups is 1. The molecule has 2 aromatic heterocycles. The average molecular weight is 312 g/mol. The van der Waals surface area contributed by atoms with E-state index in [2.05, 4.69) is 20.3 Å². The van der Waals surface area contributed by atoms with Crippen molar-refractivity contribution in [1.29, 1.82) is 0 Å². The summed E-state index contributed by atoms with van der Waals surface area (Å²) in [5.41, 5.74) is 1.87. The zero-order valence-corrected chi connectivity index (χ0v) is 12.5. The molecule has 0 spiro atoms. The van der Waals surface area contributed by atoms with Crippen LogP contribution < -0.4 is 9.33 Å². The van der Waals surface area contributed by atoms with Crippen molar-refractivity contribution in [2.45, 2.75) is 6.92 Å². The van der Waals surface area contributed by atoms with Gasteiger partial charge in [-0.05, 0) is 23.1 Å². The molecule has 1 atom stereocenters. The number of aromatic nitrogens is 3. The molecular formula is C15H14N5O3+. The summed E-state index contributed by atoms with van der Waals surface area (Å²) in [6, 6.07) is 6.67. The second-order valence-corrected chi connectivity index (χ2v) is 4.89. The minimum Gasteiger partial charge on any atom is -0.480 e. The third-order valence-corrected chi connectivity index (χ3v) is 3.44. The van der Waals surface area contributed by atoms with Gasteiger partial charge in [0, 0.05) is 24.4 Å². The van der Waals surface area contributed by atoms with Crippen molar-refractivity contribution in [3.63, 3.8) is 0 Å². The van der Waals surface area contributed by atoms with Crippen molar-refractivity contribution in [3.8, 4) is 5.88 Å². The Kier molecular flexibility index (Phi) is 3.59. The summed E-state index contributed by atoms with van der Waals surface area (Å²) in [6.45, 7) is 1.91. The maximum atomic E-state index is 12.0. The molecule has 0 bridgehead atoms. The van der Waals surface area contributed by atoms with Gasteiger partial charge < -0.3 is 9.84 Å². The lowest BCUT2D eigenvalue weighted by atomic mass is 10.2. The molecule has 3 rings (SSSR count). The monoisotopic (exact) mass is 312 g/mol. The zero-order valence-electron chi connectivity index (χ0n) is 12.5. The summed E-state index contributed by atoms with van der Waals surface area (Å²) in [5, 5.41) is 21.7. The summed E-state index contributed by atoms with van der Waals surface area (Å²) in [5.74, 6) is 0.431. The van der Waals surface area contributed by atoms with Gasteiger partial charge >= 0.3 is 6.09 Å². The number of amides is 1. The van der Waals surface area contributed by atoms with E-state index in [9.17, 15) is 9.90 Å². The van der Waals surface area contributed by atoms with Gasteiger partial charge in [-0.2, -0.15) is 4.79 Å². The van der Waals surface area contributed by atoms with E-state index in [1.165, 1.54) is 19.4 Å². The molecule has 0 aromatic carbocycles. The van der Waals surface area contributed by atoms with Gasteiger partial charge in [-0.15, -0.1) is 5.10 Å². The fourth-order valence-corrected chi connectivity index (χ4v) is 2.27. The van der Waals surface area contributed by atoms with E-state index < -0.39 is 10.7 Å². The number of nitrogens with zero attached hydrogens (tertiary/aromatic N) is 5. The minimum absolute atomic E-state index is 0.140. The van der Waals surface area contributed by atoms with Crippen molar-refractivity contribution < 1.29 is 14.6 Å². The molecule has 1 unspecified atom stereocenters. The highest BCUT2D eigenvalue weighted by Crippen LogP contribution is 2.36. The predicted octanol–water partition coefficient (Wildman–Crippen LogP) is 2.21. The number of quaternary nitrogens is 1. The van der Waals surface area contributed by atoms with E-state index in [1.54, 1.807) is 24.4 Å². The van der Waals surface area contributed by atoms with Crippen LogP contribution in [0.1, 0.15) is 11.3 Å². The van der Waals surface area contributed by atoms with E-state index in [4.69, 9.17) is 4.74 Å². The molecule has 1 N–H and O–H groups in total. The lowest BCUT2D eigenvalue weighted by Gasteiger charge is -2.22. The number of hydrogen-bond acceptors (Lipinski definition) is 6. The van der Waals surface area contributed by atoms with E-state index in [0.717, 1.165) is 5.56 Å². The van der Waals surface area contributed by atoms with E-state index >= 15 is 0 Å². The van der Waals surface area contributed by atoms with Crippen LogP contribution >= 0.6 is 0 Å². The number of hydrogen-bond donors (Lipinski definition) is 1. The van der Waals surface area contributed by atoms with E-state index in [1.807, 2.05) is 13.0 Å². The number of methoxy groups -OCH3 is 1. The van der Waals surface area contributed by atoms with E-state index in [-0.39, 0.29) is 5.82 Å². The fraction of sp³-hybridized carbons (Fsp3) is 0.133. The summed E-state index contributed by atoms with van der Waals surface area (Å²) in [7, 11) is 1.46. The maximum Gasteiger partial charge on any atom is 0.553 e. The molecule has 1 aliphatic heterocycles. The molecule has 1 amide bonds. The number of rotatable bonds is 3. The van der Waals surface area contributed by atoms with Crippen LogP contribution in [0.3, 0.4) is 0 Å². The Bertz CT molecular complexity index is 799. The Balaban J connectivity index is 2.12. The Morgan fingerprint density at radius 2 is 2.04 bits per heavy atom. The molecule has 0 fully saturated rings. The Hall–Kier alpha value is -3.13. The average Bonchev–Trinajstić information content (AvgIpc) is 3.02. The lowest BCUT2D eigenvalue weighted by Crippen LogP contribution is -2.46. The second-order valence-electron chi connectivity index (χ2n) is 4.89. The number of pyridine rings is 1. The first-order valence-electron chi connectivity index (χ1n) is 6.78. The summed E-state index contributed by atoms with van der Waals surface area (Å²) >= 11 is 0. The lowest BCUT2D eigenvalue weighted by molar-refractivity contribution is 0.167. The highest BCUT2D eigenvalue weighted by molar-refractivity contribution is 6.02. The molecule has 0 saturated heterocycles. The molecule has 0 aliphatic carbocycles. The largest absolute Gasteiger partial charge is 0.553 e. The van der Waals surface area contributed by atoms with Crippen LogP contribution in [0.5, 0.6) is 5.88 Å². The van der Waals surface area contributed by atoms with Crippen LogP contribution in [0.4, 0.5) is 10.6 Å². The summed E-state index contributed by atoms with van der Waals surface area (Å²) < 4.78 is 4.12. The molecule has 8 nitrogen and oxygen atoms in total. The van der Waals surface area contributed by atoms with Crippen molar-refractivity contribution in [2.24, 2.45) is 5.10 Å². The van der Waals surface area contributed by atoms with Crippen molar-refractivity contribution in [1.82, 2.24) is 19.8 Å². The molecule has 116 valence electrons. The molecular weight excluding hydrogens is 298 g/mol. The van der Waals surface area contributed by atoms with Crippen molar-refractivity contribution >= 4 is 23.8 Å². The van der Waals surface area contributed by atoms with Gasteiger partial charge in [0.25, 0.3) is 5.82 Å². The Morgan fingerprint density at radius 3 is 2.61 bits per heavy atom. The van der Waals surface area contributed by atoms with Gasteiger partial charge in [0.05, 0.1) is 13.3 Å². The number of allylic oxidation sites excluding steroid dienone is 1. The van der Waals surface area contributed by atoms with Crippen LogP contribution in [0.25, 0.3) is 5.70 Å². The first-order valence-corrected chi connectivity index (χ1v) is 6.78. The summed E-state index contributed by atoms with van der Waals surface area (Å²) in [4.78, 5) is 16.3. The highest BCUT2D eigenvalue weighted by Gasteiger charge is 2.50. The number of aryl methyl sites for hydroxylation is 1. The highest BCUT2D eigenvalue weighted by atomic mass is 16.5. The predicted molar refractivity (Wildman–Crippen MR) is 83.8 cm³/mol. The van der Waals surface area contributed by atoms with E-state index in [0.29, 0.717) is 17.3 Å². The van der Waals surface area contributed by atoms with Gasteiger partial charge in [0.15, 0.2) is 0 Å². The normalized spacial score (nSPS) is 19.5. The molecule has 23 heavy (non-hydrogen) atoms. The minimum atomic E-state index is -1.20. The second kappa shape index (κ2) is 5.58. The Labute approximate surface area is 132 Å². The SMILES string of the molecule is COc1ccc([N+]2(C(=O)O)N=CC=C2c2ccc(C)cn2)nn1. The molecule has 1 aliphatic rings. The third-order valence-electron chi connectivity index (χ3n) is 3.44. The van der Waals surface area contributed by atoms with Crippen LogP contribution in [0.2, 0.25) is 0 Å². The maximum absolute atomic E-state index is 12.0. The first-order chi connectivity index (χ1) is 11.1. The van der Waals surface area contributed by atoms with Gasteiger partial charge in [0.1, 0.15) is 5.69 Å². The quantitative estimate of drug-likeness (QED) is 0.873. The van der Waals surface area contributed by atoms with Gasteiger partial charge in [0.2, 0.25) is 11.6 Å². The van der Waals surface area contributed by atoms with Crippen LogP contribution in [-0.2, 0) is 0 Å². The van der Waals surface area contributed by atoms with Crippen molar-refractivity contribution in [3.05, 3.63) is 47.8 Å². The molecule has 8 heteroatoms. The van der Waals surface area contributed by atoms with Crippen LogP contribution in [0, 0.1) is 6.92 Å². The van der Waals surface area contributed by atoms with Gasteiger partial charge in [-0.25, -0.2) is 0 Å². The fourth-order valence-electron chi connectivity index (χ4n) is 2.27. The third kappa shape index (κ3) is 2.34. The molecule has 2 aromatic rings. The number of carboxylic acid groups (broad SMARTS) is 1.